The molecule has 3 aromatic rings. The normalized spacial score (nSPS) is 11.8. The maximum Gasteiger partial charge on any atom is 0.190 e. The van der Waals surface area contributed by atoms with Crippen LogP contribution in [0.25, 0.3) is 22.2 Å². The first kappa shape index (κ1) is 13.3. The Morgan fingerprint density at radius 2 is 1.95 bits per heavy atom. The number of rotatable bonds is 3. The zero-order valence-electron chi connectivity index (χ0n) is 12.1. The van der Waals surface area contributed by atoms with E-state index in [1.54, 1.807) is 6.20 Å². The second-order valence-corrected chi connectivity index (χ2v) is 4.99. The van der Waals surface area contributed by atoms with E-state index in [-0.39, 0.29) is 5.78 Å². The van der Waals surface area contributed by atoms with E-state index in [1.165, 1.54) is 0 Å². The minimum atomic E-state index is 0.0377. The molecule has 0 aliphatic rings. The number of nitrogens with zero attached hydrogens (tertiary/aromatic N) is 1. The Morgan fingerprint density at radius 1 is 1.19 bits per heavy atom. The van der Waals surface area contributed by atoms with Crippen LogP contribution in [0.1, 0.15) is 24.2 Å². The molecule has 0 spiro atoms. The van der Waals surface area contributed by atoms with Crippen molar-refractivity contribution in [1.29, 1.82) is 0 Å². The average Bonchev–Trinajstić information content (AvgIpc) is 2.97. The van der Waals surface area contributed by atoms with Crippen LogP contribution in [0.2, 0.25) is 0 Å². The van der Waals surface area contributed by atoms with Gasteiger partial charge >= 0.3 is 0 Å². The second-order valence-electron chi connectivity index (χ2n) is 4.99. The van der Waals surface area contributed by atoms with Crippen LogP contribution < -0.4 is 0 Å². The number of benzene rings is 1. The molecule has 0 atom stereocenters. The number of allylic oxidation sites excluding steroid dienone is 2. The van der Waals surface area contributed by atoms with Gasteiger partial charge in [-0.2, -0.15) is 0 Å². The molecular formula is C18H16N2O. The Hall–Kier alpha value is -2.68. The minimum Gasteiger partial charge on any atom is -0.345 e. The molecule has 0 fully saturated rings. The van der Waals surface area contributed by atoms with Gasteiger partial charge in [-0.3, -0.25) is 4.79 Å². The Kier molecular flexibility index (Phi) is 3.40. The number of ketones is 1. The summed E-state index contributed by atoms with van der Waals surface area (Å²) in [6.45, 7) is 3.70. The van der Waals surface area contributed by atoms with Crippen molar-refractivity contribution in [3.8, 4) is 11.1 Å². The molecule has 2 aromatic heterocycles. The van der Waals surface area contributed by atoms with Crippen molar-refractivity contribution in [3.05, 3.63) is 66.0 Å². The van der Waals surface area contributed by atoms with Crippen molar-refractivity contribution in [2.24, 2.45) is 0 Å². The van der Waals surface area contributed by atoms with E-state index in [0.717, 1.165) is 27.7 Å². The van der Waals surface area contributed by atoms with Crippen LogP contribution in [0.5, 0.6) is 0 Å². The lowest BCUT2D eigenvalue weighted by molar-refractivity contribution is 0.103. The molecule has 0 unspecified atom stereocenters. The third kappa shape index (κ3) is 2.38. The van der Waals surface area contributed by atoms with Gasteiger partial charge < -0.3 is 4.98 Å². The van der Waals surface area contributed by atoms with Crippen molar-refractivity contribution in [2.45, 2.75) is 13.8 Å². The zero-order valence-corrected chi connectivity index (χ0v) is 12.1. The lowest BCUT2D eigenvalue weighted by atomic mass is 10.0. The number of aromatic amines is 1. The molecule has 21 heavy (non-hydrogen) atoms. The summed E-state index contributed by atoms with van der Waals surface area (Å²) in [7, 11) is 0. The predicted molar refractivity (Wildman–Crippen MR) is 85.3 cm³/mol. The molecule has 0 saturated carbocycles. The maximum absolute atomic E-state index is 12.4. The number of Topliss-reactive ketones (excluding diaryl/α,β-unsaturated/α-hetero) is 1. The van der Waals surface area contributed by atoms with E-state index in [1.807, 2.05) is 62.5 Å². The Labute approximate surface area is 123 Å². The third-order valence-electron chi connectivity index (χ3n) is 3.67. The quantitative estimate of drug-likeness (QED) is 0.570. The van der Waals surface area contributed by atoms with Gasteiger partial charge in [-0.15, -0.1) is 0 Å². The van der Waals surface area contributed by atoms with E-state index >= 15 is 0 Å². The fourth-order valence-corrected chi connectivity index (χ4v) is 2.32. The lowest BCUT2D eigenvalue weighted by Crippen LogP contribution is -1.99. The molecule has 0 amide bonds. The van der Waals surface area contributed by atoms with Crippen LogP contribution >= 0.6 is 0 Å². The molecule has 3 nitrogen and oxygen atoms in total. The van der Waals surface area contributed by atoms with Crippen molar-refractivity contribution in [1.82, 2.24) is 9.97 Å². The van der Waals surface area contributed by atoms with Crippen molar-refractivity contribution < 1.29 is 4.79 Å². The van der Waals surface area contributed by atoms with E-state index in [0.29, 0.717) is 5.56 Å². The lowest BCUT2D eigenvalue weighted by Gasteiger charge is -2.03. The third-order valence-corrected chi connectivity index (χ3v) is 3.67. The highest BCUT2D eigenvalue weighted by Gasteiger charge is 2.14. The standard InChI is InChI=1S/C18H16N2O/c1-3-12(2)17(21)16-11-20-18-15(16)9-14(10-19-18)13-7-5-4-6-8-13/h3-11H,1-2H3,(H,19,20). The number of nitrogens with one attached hydrogen (secondary N) is 1. The van der Waals surface area contributed by atoms with Crippen LogP contribution in [0.15, 0.2) is 60.4 Å². The average molecular weight is 276 g/mol. The number of aromatic nitrogens is 2. The van der Waals surface area contributed by atoms with Gasteiger partial charge in [-0.25, -0.2) is 4.98 Å². The summed E-state index contributed by atoms with van der Waals surface area (Å²) in [5, 5.41) is 0.863. The van der Waals surface area contributed by atoms with Crippen LogP contribution in [-0.4, -0.2) is 15.8 Å². The number of hydrogen-bond donors (Lipinski definition) is 1. The first-order chi connectivity index (χ1) is 10.2. The Bertz CT molecular complexity index is 829. The predicted octanol–water partition coefficient (Wildman–Crippen LogP) is 4.38. The first-order valence-electron chi connectivity index (χ1n) is 6.91. The highest BCUT2D eigenvalue weighted by Crippen LogP contribution is 2.25. The maximum atomic E-state index is 12.4. The number of carbonyl (C=O) groups excluding carboxylic acids is 1. The van der Waals surface area contributed by atoms with Gasteiger partial charge in [-0.1, -0.05) is 36.4 Å². The second kappa shape index (κ2) is 5.37. The molecule has 2 heterocycles. The summed E-state index contributed by atoms with van der Waals surface area (Å²) in [4.78, 5) is 19.9. The Morgan fingerprint density at radius 3 is 2.67 bits per heavy atom. The monoisotopic (exact) mass is 276 g/mol. The van der Waals surface area contributed by atoms with Crippen molar-refractivity contribution in [3.63, 3.8) is 0 Å². The zero-order chi connectivity index (χ0) is 14.8. The fourth-order valence-electron chi connectivity index (χ4n) is 2.32. The topological polar surface area (TPSA) is 45.8 Å². The molecule has 0 saturated heterocycles. The molecule has 3 heteroatoms. The largest absolute Gasteiger partial charge is 0.345 e. The number of carbonyl (C=O) groups is 1. The smallest absolute Gasteiger partial charge is 0.190 e. The van der Waals surface area contributed by atoms with Gasteiger partial charge in [0.25, 0.3) is 0 Å². The van der Waals surface area contributed by atoms with Gasteiger partial charge in [0.05, 0.1) is 0 Å². The van der Waals surface area contributed by atoms with Gasteiger partial charge in [0.2, 0.25) is 0 Å². The minimum absolute atomic E-state index is 0.0377. The summed E-state index contributed by atoms with van der Waals surface area (Å²) in [5.74, 6) is 0.0377. The molecule has 3 rings (SSSR count). The summed E-state index contributed by atoms with van der Waals surface area (Å²) in [5.41, 5.74) is 4.25. The highest BCUT2D eigenvalue weighted by molar-refractivity contribution is 6.15. The van der Waals surface area contributed by atoms with Crippen molar-refractivity contribution in [2.75, 3.05) is 0 Å². The van der Waals surface area contributed by atoms with Crippen LogP contribution in [-0.2, 0) is 0 Å². The molecule has 0 bridgehead atoms. The molecule has 0 radical (unpaired) electrons. The highest BCUT2D eigenvalue weighted by atomic mass is 16.1. The molecular weight excluding hydrogens is 260 g/mol. The van der Waals surface area contributed by atoms with Gasteiger partial charge in [0, 0.05) is 28.9 Å². The van der Waals surface area contributed by atoms with Crippen LogP contribution in [0, 0.1) is 0 Å². The molecule has 1 N–H and O–H groups in total. The summed E-state index contributed by atoms with van der Waals surface area (Å²) >= 11 is 0. The fraction of sp³-hybridized carbons (Fsp3) is 0.111. The number of pyridine rings is 1. The summed E-state index contributed by atoms with van der Waals surface area (Å²) < 4.78 is 0. The van der Waals surface area contributed by atoms with Crippen molar-refractivity contribution >= 4 is 16.8 Å². The van der Waals surface area contributed by atoms with Gasteiger partial charge in [0.15, 0.2) is 5.78 Å². The number of hydrogen-bond acceptors (Lipinski definition) is 2. The molecule has 0 aliphatic heterocycles. The molecule has 0 aliphatic carbocycles. The van der Waals surface area contributed by atoms with Crippen LogP contribution in [0.4, 0.5) is 0 Å². The van der Waals surface area contributed by atoms with E-state index in [2.05, 4.69) is 9.97 Å². The van der Waals surface area contributed by atoms with Crippen LogP contribution in [0.3, 0.4) is 0 Å². The number of fused-ring (bicyclic) bond motifs is 1. The SMILES string of the molecule is CC=C(C)C(=O)c1c[nH]c2ncc(-c3ccccc3)cc12. The van der Waals surface area contributed by atoms with E-state index < -0.39 is 0 Å². The van der Waals surface area contributed by atoms with Gasteiger partial charge in [-0.05, 0) is 31.1 Å². The molecule has 104 valence electrons. The van der Waals surface area contributed by atoms with E-state index in [4.69, 9.17) is 0 Å². The van der Waals surface area contributed by atoms with Gasteiger partial charge in [0.1, 0.15) is 5.65 Å². The number of H-pyrrole nitrogens is 1. The molecule has 1 aromatic carbocycles. The van der Waals surface area contributed by atoms with E-state index in [9.17, 15) is 4.79 Å². The summed E-state index contributed by atoms with van der Waals surface area (Å²) in [6, 6.07) is 12.1. The Balaban J connectivity index is 2.15. The summed E-state index contributed by atoms with van der Waals surface area (Å²) in [6.07, 6.45) is 5.39. The first-order valence-corrected chi connectivity index (χ1v) is 6.91.